The predicted octanol–water partition coefficient (Wildman–Crippen LogP) is 8.09. The molecule has 4 aromatic rings. The van der Waals surface area contributed by atoms with Crippen molar-refractivity contribution in [1.82, 2.24) is 15.0 Å². The molecule has 1 fully saturated rings. The van der Waals surface area contributed by atoms with Gasteiger partial charge in [-0.3, -0.25) is 0 Å². The van der Waals surface area contributed by atoms with Gasteiger partial charge in [-0.2, -0.15) is 13.2 Å². The zero-order valence-corrected chi connectivity index (χ0v) is 20.1. The van der Waals surface area contributed by atoms with Crippen LogP contribution in [0.3, 0.4) is 0 Å². The molecule has 0 bridgehead atoms. The molecule has 0 aliphatic heterocycles. The van der Waals surface area contributed by atoms with Crippen LogP contribution in [0.1, 0.15) is 41.2 Å². The maximum Gasteiger partial charge on any atom is 0.416 e. The third kappa shape index (κ3) is 5.29. The Morgan fingerprint density at radius 2 is 1.68 bits per heavy atom. The Balaban J connectivity index is 1.49. The second kappa shape index (κ2) is 9.32. The fourth-order valence-corrected chi connectivity index (χ4v) is 5.15. The highest BCUT2D eigenvalue weighted by atomic mass is 35.5. The standard InChI is InChI=1S/C24H19Cl2F3N4S/c25-17-2-1-3-18(26)16(17)12-20-33-21-22(30-15-9-7-14(8-10-15)24(27,28)29)31-19(32-23(21)34-20)11-6-13-4-5-13/h1-3,7-10,13H,4-6,11-12H2,(H,30,31,32). The van der Waals surface area contributed by atoms with Gasteiger partial charge in [-0.25, -0.2) is 15.0 Å². The first-order valence-corrected chi connectivity index (χ1v) is 12.4. The smallest absolute Gasteiger partial charge is 0.338 e. The summed E-state index contributed by atoms with van der Waals surface area (Å²) in [7, 11) is 0. The lowest BCUT2D eigenvalue weighted by Gasteiger charge is -2.10. The van der Waals surface area contributed by atoms with Crippen LogP contribution in [0.4, 0.5) is 24.7 Å². The Hall–Kier alpha value is -2.42. The number of nitrogens with one attached hydrogen (secondary N) is 1. The number of thiazole rings is 1. The van der Waals surface area contributed by atoms with Gasteiger partial charge in [0, 0.05) is 28.6 Å². The van der Waals surface area contributed by atoms with Crippen LogP contribution in [0.5, 0.6) is 0 Å². The zero-order chi connectivity index (χ0) is 23.9. The molecule has 0 radical (unpaired) electrons. The maximum absolute atomic E-state index is 12.9. The van der Waals surface area contributed by atoms with Crippen LogP contribution < -0.4 is 5.32 Å². The minimum atomic E-state index is -4.39. The third-order valence-corrected chi connectivity index (χ3v) is 7.34. The molecule has 1 aliphatic carbocycles. The first kappa shape index (κ1) is 23.3. The Bertz CT molecular complexity index is 1310. The Morgan fingerprint density at radius 3 is 2.32 bits per heavy atom. The average molecular weight is 523 g/mol. The lowest BCUT2D eigenvalue weighted by atomic mass is 10.1. The third-order valence-electron chi connectivity index (χ3n) is 5.69. The predicted molar refractivity (Wildman–Crippen MR) is 130 cm³/mol. The summed E-state index contributed by atoms with van der Waals surface area (Å²) in [6, 6.07) is 10.2. The molecule has 0 spiro atoms. The van der Waals surface area contributed by atoms with Gasteiger partial charge in [0.05, 0.1) is 5.56 Å². The Kier molecular flexibility index (Phi) is 6.39. The van der Waals surface area contributed by atoms with Crippen LogP contribution in [0.25, 0.3) is 10.3 Å². The summed E-state index contributed by atoms with van der Waals surface area (Å²) in [4.78, 5) is 14.8. The van der Waals surface area contributed by atoms with E-state index in [2.05, 4.69) is 10.3 Å². The van der Waals surface area contributed by atoms with Gasteiger partial charge < -0.3 is 5.32 Å². The van der Waals surface area contributed by atoms with Crippen molar-refractivity contribution in [3.8, 4) is 0 Å². The van der Waals surface area contributed by atoms with Crippen LogP contribution >= 0.6 is 34.5 Å². The van der Waals surface area contributed by atoms with E-state index >= 15 is 0 Å². The van der Waals surface area contributed by atoms with Crippen molar-refractivity contribution < 1.29 is 13.2 Å². The van der Waals surface area contributed by atoms with Crippen molar-refractivity contribution in [2.75, 3.05) is 5.32 Å². The summed E-state index contributed by atoms with van der Waals surface area (Å²) in [6.45, 7) is 0. The summed E-state index contributed by atoms with van der Waals surface area (Å²) in [5.74, 6) is 1.90. The van der Waals surface area contributed by atoms with Crippen molar-refractivity contribution in [3.05, 3.63) is 74.5 Å². The molecule has 1 N–H and O–H groups in total. The van der Waals surface area contributed by atoms with Crippen molar-refractivity contribution in [2.45, 2.75) is 38.3 Å². The second-order valence-electron chi connectivity index (χ2n) is 8.31. The lowest BCUT2D eigenvalue weighted by molar-refractivity contribution is -0.137. The van der Waals surface area contributed by atoms with Crippen molar-refractivity contribution in [3.63, 3.8) is 0 Å². The normalized spacial score (nSPS) is 14.0. The molecular formula is C24H19Cl2F3N4S. The number of rotatable bonds is 7. The molecule has 0 saturated heterocycles. The summed E-state index contributed by atoms with van der Waals surface area (Å²) in [5.41, 5.74) is 1.13. The molecule has 4 nitrogen and oxygen atoms in total. The first-order chi connectivity index (χ1) is 16.3. The number of fused-ring (bicyclic) bond motifs is 1. The van der Waals surface area contributed by atoms with E-state index in [1.807, 2.05) is 0 Å². The molecule has 1 saturated carbocycles. The summed E-state index contributed by atoms with van der Waals surface area (Å²) in [5, 5.41) is 5.04. The summed E-state index contributed by atoms with van der Waals surface area (Å²) < 4.78 is 38.8. The molecule has 176 valence electrons. The lowest BCUT2D eigenvalue weighted by Crippen LogP contribution is -2.05. The molecule has 2 aromatic carbocycles. The van der Waals surface area contributed by atoms with Gasteiger partial charge in [0.15, 0.2) is 5.82 Å². The molecule has 34 heavy (non-hydrogen) atoms. The van der Waals surface area contributed by atoms with Crippen LogP contribution in [0.2, 0.25) is 10.0 Å². The first-order valence-electron chi connectivity index (χ1n) is 10.8. The number of benzene rings is 2. The van der Waals surface area contributed by atoms with E-state index in [1.54, 1.807) is 18.2 Å². The second-order valence-corrected chi connectivity index (χ2v) is 10.2. The fourth-order valence-electron chi connectivity index (χ4n) is 3.66. The number of aryl methyl sites for hydroxylation is 1. The number of halogens is 5. The van der Waals surface area contributed by atoms with Crippen molar-refractivity contribution >= 4 is 56.4 Å². The van der Waals surface area contributed by atoms with Gasteiger partial charge in [-0.15, -0.1) is 0 Å². The molecule has 0 unspecified atom stereocenters. The highest BCUT2D eigenvalue weighted by Gasteiger charge is 2.30. The SMILES string of the molecule is FC(F)(F)c1ccc(Nc2nc(CCC3CC3)nc3sc(Cc4c(Cl)cccc4Cl)nc23)cc1. The maximum atomic E-state index is 12.9. The molecule has 0 atom stereocenters. The van der Waals surface area contributed by atoms with Crippen molar-refractivity contribution in [2.24, 2.45) is 5.92 Å². The molecule has 2 aromatic heterocycles. The van der Waals surface area contributed by atoms with Crippen LogP contribution in [0.15, 0.2) is 42.5 Å². The fraction of sp³-hybridized carbons (Fsp3) is 0.292. The quantitative estimate of drug-likeness (QED) is 0.266. The van der Waals surface area contributed by atoms with E-state index in [4.69, 9.17) is 33.2 Å². The number of hydrogen-bond acceptors (Lipinski definition) is 5. The largest absolute Gasteiger partial charge is 0.416 e. The Morgan fingerprint density at radius 1 is 0.971 bits per heavy atom. The summed E-state index contributed by atoms with van der Waals surface area (Å²) >= 11 is 14.1. The van der Waals surface area contributed by atoms with Gasteiger partial charge in [0.25, 0.3) is 0 Å². The molecule has 10 heteroatoms. The topological polar surface area (TPSA) is 50.7 Å². The van der Waals surface area contributed by atoms with Crippen LogP contribution in [0, 0.1) is 5.92 Å². The van der Waals surface area contributed by atoms with Gasteiger partial charge in [0.2, 0.25) is 0 Å². The van der Waals surface area contributed by atoms with E-state index in [9.17, 15) is 13.2 Å². The molecule has 1 aliphatic rings. The molecular weight excluding hydrogens is 504 g/mol. The van der Waals surface area contributed by atoms with E-state index in [1.165, 1.54) is 36.3 Å². The van der Waals surface area contributed by atoms with Gasteiger partial charge in [-0.1, -0.05) is 53.4 Å². The average Bonchev–Trinajstić information content (AvgIpc) is 3.53. The van der Waals surface area contributed by atoms with Crippen molar-refractivity contribution in [1.29, 1.82) is 0 Å². The number of alkyl halides is 3. The monoisotopic (exact) mass is 522 g/mol. The summed E-state index contributed by atoms with van der Waals surface area (Å²) in [6.07, 6.45) is 0.291. The van der Waals surface area contributed by atoms with E-state index < -0.39 is 11.7 Å². The minimum Gasteiger partial charge on any atom is -0.338 e. The number of hydrogen-bond donors (Lipinski definition) is 1. The van der Waals surface area contributed by atoms with Gasteiger partial charge in [0.1, 0.15) is 21.2 Å². The molecule has 2 heterocycles. The number of aromatic nitrogens is 3. The molecule has 5 rings (SSSR count). The van der Waals surface area contributed by atoms with Gasteiger partial charge in [-0.05, 0) is 54.3 Å². The van der Waals surface area contributed by atoms with Crippen LogP contribution in [-0.2, 0) is 19.0 Å². The molecule has 0 amide bonds. The Labute approximate surface area is 208 Å². The highest BCUT2D eigenvalue weighted by Crippen LogP contribution is 2.36. The van der Waals surface area contributed by atoms with Gasteiger partial charge >= 0.3 is 6.18 Å². The van der Waals surface area contributed by atoms with E-state index in [-0.39, 0.29) is 0 Å². The van der Waals surface area contributed by atoms with Crippen LogP contribution in [-0.4, -0.2) is 15.0 Å². The number of nitrogens with zero attached hydrogens (tertiary/aromatic N) is 3. The van der Waals surface area contributed by atoms with E-state index in [0.29, 0.717) is 44.1 Å². The highest BCUT2D eigenvalue weighted by molar-refractivity contribution is 7.18. The minimum absolute atomic E-state index is 0.441. The van der Waals surface area contributed by atoms with E-state index in [0.717, 1.165) is 41.5 Å². The zero-order valence-electron chi connectivity index (χ0n) is 17.8. The number of anilines is 2.